The zero-order valence-corrected chi connectivity index (χ0v) is 7.28. The number of carbonyl (C=O) groups excluding carboxylic acids is 1. The molecule has 12 heavy (non-hydrogen) atoms. The molecule has 0 unspecified atom stereocenters. The van der Waals surface area contributed by atoms with Gasteiger partial charge in [0.15, 0.2) is 5.11 Å². The van der Waals surface area contributed by atoms with Gasteiger partial charge in [0.1, 0.15) is 5.84 Å². The first-order valence-corrected chi connectivity index (χ1v) is 4.01. The van der Waals surface area contributed by atoms with Gasteiger partial charge in [-0.25, -0.2) is 0 Å². The second kappa shape index (κ2) is 4.01. The van der Waals surface area contributed by atoms with Gasteiger partial charge in [0.05, 0.1) is 0 Å². The second-order valence-corrected chi connectivity index (χ2v) is 2.88. The van der Waals surface area contributed by atoms with Crippen molar-refractivity contribution < 1.29 is 4.79 Å². The van der Waals surface area contributed by atoms with Gasteiger partial charge >= 0.3 is 0 Å². The van der Waals surface area contributed by atoms with Crippen LogP contribution in [0.1, 0.15) is 19.3 Å². The topological polar surface area (TPSA) is 79.5 Å². The second-order valence-electron chi connectivity index (χ2n) is 2.44. The van der Waals surface area contributed by atoms with Crippen molar-refractivity contribution in [3.05, 3.63) is 0 Å². The maximum Gasteiger partial charge on any atom is 0.225 e. The van der Waals surface area contributed by atoms with Gasteiger partial charge in [-0.05, 0) is 18.6 Å². The van der Waals surface area contributed by atoms with Crippen LogP contribution in [0.5, 0.6) is 0 Å². The van der Waals surface area contributed by atoms with Gasteiger partial charge < -0.3 is 11.1 Å². The number of carbonyl (C=O) groups is 1. The van der Waals surface area contributed by atoms with E-state index in [0.717, 1.165) is 12.8 Å². The Morgan fingerprint density at radius 1 is 1.67 bits per heavy atom. The van der Waals surface area contributed by atoms with Crippen molar-refractivity contribution in [2.75, 3.05) is 0 Å². The molecule has 0 aliphatic carbocycles. The van der Waals surface area contributed by atoms with E-state index in [2.05, 4.69) is 28.1 Å². The Kier molecular flexibility index (Phi) is 2.98. The summed E-state index contributed by atoms with van der Waals surface area (Å²) in [6.07, 6.45) is 2.14. The Balaban J connectivity index is 2.45. The van der Waals surface area contributed by atoms with E-state index in [9.17, 15) is 4.79 Å². The minimum absolute atomic E-state index is 0.00950. The first-order chi connectivity index (χ1) is 5.68. The molecule has 66 valence electrons. The molecule has 0 aromatic heterocycles. The van der Waals surface area contributed by atoms with Crippen molar-refractivity contribution in [2.45, 2.75) is 19.3 Å². The van der Waals surface area contributed by atoms with Crippen LogP contribution in [-0.4, -0.2) is 16.9 Å². The highest BCUT2D eigenvalue weighted by Crippen LogP contribution is 2.02. The van der Waals surface area contributed by atoms with E-state index >= 15 is 0 Å². The molecule has 0 aromatic rings. The van der Waals surface area contributed by atoms with E-state index in [1.54, 1.807) is 0 Å². The molecule has 0 saturated carbocycles. The van der Waals surface area contributed by atoms with Crippen LogP contribution in [0.15, 0.2) is 5.10 Å². The number of rotatable bonds is 1. The molecule has 1 aliphatic rings. The molecule has 1 aliphatic heterocycles. The monoisotopic (exact) mass is 186 g/mol. The van der Waals surface area contributed by atoms with Gasteiger partial charge in [0.25, 0.3) is 0 Å². The molecule has 6 heteroatoms. The van der Waals surface area contributed by atoms with Crippen LogP contribution in [0.25, 0.3) is 0 Å². The number of piperidine rings is 1. The van der Waals surface area contributed by atoms with Gasteiger partial charge in [0, 0.05) is 12.8 Å². The lowest BCUT2D eigenvalue weighted by molar-refractivity contribution is -0.120. The predicted octanol–water partition coefficient (Wildman–Crippen LogP) is -0.567. The van der Waals surface area contributed by atoms with Gasteiger partial charge in [0.2, 0.25) is 5.91 Å². The minimum Gasteiger partial charge on any atom is -0.375 e. The van der Waals surface area contributed by atoms with Crippen molar-refractivity contribution in [1.82, 2.24) is 10.7 Å². The molecule has 1 heterocycles. The number of nitrogens with one attached hydrogen (secondary N) is 2. The van der Waals surface area contributed by atoms with Gasteiger partial charge in [-0.15, -0.1) is 0 Å². The SMILES string of the molecule is NC(=S)NN=C1CCCC(=O)N1. The summed E-state index contributed by atoms with van der Waals surface area (Å²) in [6.45, 7) is 0. The van der Waals surface area contributed by atoms with E-state index in [0.29, 0.717) is 12.3 Å². The fourth-order valence-corrected chi connectivity index (χ4v) is 0.954. The average Bonchev–Trinajstić information content (AvgIpc) is 2.01. The Bertz CT molecular complexity index is 238. The number of amidine groups is 1. The summed E-state index contributed by atoms with van der Waals surface area (Å²) in [4.78, 5) is 10.8. The summed E-state index contributed by atoms with van der Waals surface area (Å²) < 4.78 is 0. The van der Waals surface area contributed by atoms with Crippen LogP contribution in [-0.2, 0) is 4.79 Å². The number of hydrogen-bond acceptors (Lipinski definition) is 3. The number of amides is 1. The third-order valence-corrected chi connectivity index (χ3v) is 1.49. The maximum atomic E-state index is 10.8. The van der Waals surface area contributed by atoms with Gasteiger partial charge in [-0.2, -0.15) is 5.10 Å². The Morgan fingerprint density at radius 3 is 3.00 bits per heavy atom. The summed E-state index contributed by atoms with van der Waals surface area (Å²) in [5.41, 5.74) is 7.56. The molecule has 4 N–H and O–H groups in total. The number of nitrogens with zero attached hydrogens (tertiary/aromatic N) is 1. The van der Waals surface area contributed by atoms with E-state index < -0.39 is 0 Å². The van der Waals surface area contributed by atoms with E-state index in [4.69, 9.17) is 5.73 Å². The largest absolute Gasteiger partial charge is 0.375 e. The minimum atomic E-state index is -0.00950. The standard InChI is InChI=1S/C6H10N4OS/c7-6(12)10-9-4-2-1-3-5(11)8-4/h1-3H2,(H3,7,10,12)(H,8,9,11). The van der Waals surface area contributed by atoms with Gasteiger partial charge in [-0.1, -0.05) is 0 Å². The van der Waals surface area contributed by atoms with E-state index in [1.807, 2.05) is 0 Å². The molecule has 0 radical (unpaired) electrons. The van der Waals surface area contributed by atoms with Crippen molar-refractivity contribution in [2.24, 2.45) is 10.8 Å². The zero-order chi connectivity index (χ0) is 8.97. The molecule has 0 bridgehead atoms. The molecular weight excluding hydrogens is 176 g/mol. The Morgan fingerprint density at radius 2 is 2.42 bits per heavy atom. The molecule has 1 fully saturated rings. The first-order valence-electron chi connectivity index (χ1n) is 3.60. The van der Waals surface area contributed by atoms with Crippen LogP contribution in [0.2, 0.25) is 0 Å². The average molecular weight is 186 g/mol. The number of hydrazone groups is 1. The van der Waals surface area contributed by atoms with Crippen molar-refractivity contribution in [1.29, 1.82) is 0 Å². The fraction of sp³-hybridized carbons (Fsp3) is 0.500. The Hall–Kier alpha value is -1.17. The van der Waals surface area contributed by atoms with Crippen LogP contribution in [0.4, 0.5) is 0 Å². The van der Waals surface area contributed by atoms with Crippen molar-refractivity contribution in [3.63, 3.8) is 0 Å². The number of thiocarbonyl (C=S) groups is 1. The lowest BCUT2D eigenvalue weighted by Crippen LogP contribution is -2.37. The lowest BCUT2D eigenvalue weighted by Gasteiger charge is -2.13. The fourth-order valence-electron chi connectivity index (χ4n) is 0.909. The summed E-state index contributed by atoms with van der Waals surface area (Å²) in [5, 5.41) is 6.51. The van der Waals surface area contributed by atoms with Gasteiger partial charge in [-0.3, -0.25) is 10.2 Å². The zero-order valence-electron chi connectivity index (χ0n) is 6.46. The van der Waals surface area contributed by atoms with Crippen LogP contribution in [0.3, 0.4) is 0 Å². The Labute approximate surface area is 75.4 Å². The number of hydrogen-bond donors (Lipinski definition) is 3. The molecule has 1 saturated heterocycles. The summed E-state index contributed by atoms with van der Waals surface area (Å²) in [7, 11) is 0. The highest BCUT2D eigenvalue weighted by molar-refractivity contribution is 7.80. The number of nitrogens with two attached hydrogens (primary N) is 1. The molecule has 1 rings (SSSR count). The molecule has 0 spiro atoms. The summed E-state index contributed by atoms with van der Waals surface area (Å²) in [6, 6.07) is 0. The van der Waals surface area contributed by atoms with E-state index in [-0.39, 0.29) is 11.0 Å². The lowest BCUT2D eigenvalue weighted by atomic mass is 10.1. The first kappa shape index (κ1) is 8.92. The molecule has 0 atom stereocenters. The molecule has 1 amide bonds. The van der Waals surface area contributed by atoms with Crippen molar-refractivity contribution in [3.8, 4) is 0 Å². The maximum absolute atomic E-state index is 10.8. The van der Waals surface area contributed by atoms with Crippen LogP contribution < -0.4 is 16.5 Å². The highest BCUT2D eigenvalue weighted by atomic mass is 32.1. The van der Waals surface area contributed by atoms with Crippen LogP contribution in [0, 0.1) is 0 Å². The summed E-state index contributed by atoms with van der Waals surface area (Å²) in [5.74, 6) is 0.587. The molecule has 5 nitrogen and oxygen atoms in total. The van der Waals surface area contributed by atoms with E-state index in [1.165, 1.54) is 0 Å². The quantitative estimate of drug-likeness (QED) is 0.378. The van der Waals surface area contributed by atoms with Crippen LogP contribution >= 0.6 is 12.2 Å². The van der Waals surface area contributed by atoms with Crippen molar-refractivity contribution >= 4 is 29.1 Å². The highest BCUT2D eigenvalue weighted by Gasteiger charge is 2.12. The predicted molar refractivity (Wildman–Crippen MR) is 49.3 cm³/mol. The third kappa shape index (κ3) is 2.83. The third-order valence-electron chi connectivity index (χ3n) is 1.40. The molecule has 0 aromatic carbocycles. The smallest absolute Gasteiger partial charge is 0.225 e. The normalized spacial score (nSPS) is 20.3. The summed E-state index contributed by atoms with van der Waals surface area (Å²) >= 11 is 4.54. The molecular formula is C6H10N4OS.